The van der Waals surface area contributed by atoms with E-state index in [0.29, 0.717) is 26.1 Å². The fraction of sp³-hybridized carbons (Fsp3) is 0.400. The summed E-state index contributed by atoms with van der Waals surface area (Å²) in [5.41, 5.74) is 0.323. The van der Waals surface area contributed by atoms with Crippen molar-refractivity contribution < 1.29 is 23.9 Å². The van der Waals surface area contributed by atoms with Crippen LogP contribution in [0.25, 0.3) is 0 Å². The van der Waals surface area contributed by atoms with Gasteiger partial charge in [0.05, 0.1) is 30.9 Å². The molecule has 1 atom stereocenters. The number of hydrogen-bond acceptors (Lipinski definition) is 7. The molecule has 0 spiro atoms. The molecule has 148 valence electrons. The second kappa shape index (κ2) is 10.1. The summed E-state index contributed by atoms with van der Waals surface area (Å²) < 4.78 is 9.76. The molecule has 0 saturated carbocycles. The molecule has 0 radical (unpaired) electrons. The van der Waals surface area contributed by atoms with E-state index in [2.05, 4.69) is 5.32 Å². The topological polar surface area (TPSA) is 109 Å². The minimum Gasteiger partial charge on any atom is -0.466 e. The molecule has 1 heterocycles. The maximum Gasteiger partial charge on any atom is 0.339 e. The molecule has 1 aromatic carbocycles. The van der Waals surface area contributed by atoms with E-state index in [0.717, 1.165) is 6.42 Å². The number of anilines is 1. The molecule has 8 nitrogen and oxygen atoms in total. The highest BCUT2D eigenvalue weighted by atomic mass is 16.5. The monoisotopic (exact) mass is 385 g/mol. The highest BCUT2D eigenvalue weighted by molar-refractivity contribution is 6.09. The van der Waals surface area contributed by atoms with Crippen molar-refractivity contribution >= 4 is 23.5 Å². The first-order valence-electron chi connectivity index (χ1n) is 9.01. The molecule has 28 heavy (non-hydrogen) atoms. The second-order valence-electron chi connectivity index (χ2n) is 6.23. The lowest BCUT2D eigenvalue weighted by molar-refractivity contribution is -0.149. The van der Waals surface area contributed by atoms with E-state index in [9.17, 15) is 19.6 Å². The van der Waals surface area contributed by atoms with Gasteiger partial charge in [-0.3, -0.25) is 9.59 Å². The van der Waals surface area contributed by atoms with Gasteiger partial charge in [-0.2, -0.15) is 5.26 Å². The highest BCUT2D eigenvalue weighted by Crippen LogP contribution is 2.20. The van der Waals surface area contributed by atoms with Crippen LogP contribution >= 0.6 is 0 Å². The van der Waals surface area contributed by atoms with Crippen LogP contribution in [0.1, 0.15) is 30.1 Å². The highest BCUT2D eigenvalue weighted by Gasteiger charge is 2.26. The lowest BCUT2D eigenvalue weighted by atomic mass is 9.98. The van der Waals surface area contributed by atoms with Crippen LogP contribution in [0.4, 0.5) is 5.69 Å². The summed E-state index contributed by atoms with van der Waals surface area (Å²) in [5, 5.41) is 12.0. The van der Waals surface area contributed by atoms with Gasteiger partial charge in [0.2, 0.25) is 0 Å². The number of hydrogen-bond donors (Lipinski definition) is 1. The van der Waals surface area contributed by atoms with Crippen LogP contribution in [-0.4, -0.2) is 49.6 Å². The lowest BCUT2D eigenvalue weighted by Crippen LogP contribution is -2.37. The van der Waals surface area contributed by atoms with Crippen molar-refractivity contribution in [2.45, 2.75) is 19.8 Å². The average molecular weight is 385 g/mol. The number of nitrogens with zero attached hydrogens (tertiary/aromatic N) is 2. The Balaban J connectivity index is 2.12. The van der Waals surface area contributed by atoms with Gasteiger partial charge in [0.25, 0.3) is 5.91 Å². The van der Waals surface area contributed by atoms with Gasteiger partial charge in [0.15, 0.2) is 0 Å². The number of amides is 1. The predicted molar refractivity (Wildman–Crippen MR) is 101 cm³/mol. The Labute approximate surface area is 163 Å². The molecule has 1 fully saturated rings. The van der Waals surface area contributed by atoms with Crippen LogP contribution in [0.3, 0.4) is 0 Å². The SMILES string of the molecule is CCOC(=O)C1CCCN(/C=C(/C#N)C(=O)Nc2ccccc2C(=O)OC)C1. The summed E-state index contributed by atoms with van der Waals surface area (Å²) >= 11 is 0. The minimum absolute atomic E-state index is 0.121. The Morgan fingerprint density at radius 3 is 2.79 bits per heavy atom. The van der Waals surface area contributed by atoms with E-state index in [1.807, 2.05) is 6.07 Å². The van der Waals surface area contributed by atoms with Crippen LogP contribution in [0.2, 0.25) is 0 Å². The zero-order valence-corrected chi connectivity index (χ0v) is 15.9. The number of piperidine rings is 1. The Kier molecular flexibility index (Phi) is 7.57. The predicted octanol–water partition coefficient (Wildman–Crippen LogP) is 2.09. The average Bonchev–Trinajstić information content (AvgIpc) is 2.72. The third-order valence-corrected chi connectivity index (χ3v) is 4.33. The normalized spacial score (nSPS) is 16.7. The number of carbonyl (C=O) groups excluding carboxylic acids is 3. The fourth-order valence-corrected chi connectivity index (χ4v) is 2.97. The van der Waals surface area contributed by atoms with E-state index in [1.54, 1.807) is 30.0 Å². The van der Waals surface area contributed by atoms with Gasteiger partial charge in [-0.15, -0.1) is 0 Å². The van der Waals surface area contributed by atoms with Crippen LogP contribution in [0, 0.1) is 17.2 Å². The van der Waals surface area contributed by atoms with Crippen molar-refractivity contribution in [3.63, 3.8) is 0 Å². The number of methoxy groups -OCH3 is 1. The molecule has 1 amide bonds. The van der Waals surface area contributed by atoms with Gasteiger partial charge < -0.3 is 19.7 Å². The summed E-state index contributed by atoms with van der Waals surface area (Å²) in [7, 11) is 1.25. The third-order valence-electron chi connectivity index (χ3n) is 4.33. The molecule has 0 aromatic heterocycles. The summed E-state index contributed by atoms with van der Waals surface area (Å²) in [6.45, 7) is 3.09. The van der Waals surface area contributed by atoms with Crippen molar-refractivity contribution in [1.29, 1.82) is 5.26 Å². The molecular weight excluding hydrogens is 362 g/mol. The summed E-state index contributed by atoms with van der Waals surface area (Å²) in [4.78, 5) is 38.1. The molecule has 1 unspecified atom stereocenters. The molecule has 0 aliphatic carbocycles. The number of carbonyl (C=O) groups is 3. The van der Waals surface area contributed by atoms with Crippen molar-refractivity contribution in [2.75, 3.05) is 32.1 Å². The number of rotatable bonds is 6. The smallest absolute Gasteiger partial charge is 0.339 e. The Hall–Kier alpha value is -3.34. The van der Waals surface area contributed by atoms with Gasteiger partial charge in [-0.05, 0) is 31.9 Å². The zero-order valence-electron chi connectivity index (χ0n) is 15.9. The first kappa shape index (κ1) is 21.0. The van der Waals surface area contributed by atoms with Crippen molar-refractivity contribution in [2.24, 2.45) is 5.92 Å². The molecular formula is C20H23N3O5. The largest absolute Gasteiger partial charge is 0.466 e. The number of nitriles is 1. The van der Waals surface area contributed by atoms with Crippen LogP contribution < -0.4 is 5.32 Å². The number of para-hydroxylation sites is 1. The molecule has 2 rings (SSSR count). The lowest BCUT2D eigenvalue weighted by Gasteiger charge is -2.30. The number of esters is 2. The standard InChI is InChI=1S/C20H23N3O5/c1-3-28-19(25)14-7-6-10-23(12-14)13-15(11-21)18(24)22-17-9-5-4-8-16(17)20(26)27-2/h4-5,8-9,13-14H,3,6-7,10,12H2,1-2H3,(H,22,24)/b15-13-. The number of nitrogens with one attached hydrogen (secondary N) is 1. The molecule has 1 N–H and O–H groups in total. The Morgan fingerprint density at radius 1 is 1.36 bits per heavy atom. The van der Waals surface area contributed by atoms with Crippen molar-refractivity contribution in [1.82, 2.24) is 4.90 Å². The van der Waals surface area contributed by atoms with Gasteiger partial charge in [-0.1, -0.05) is 12.1 Å². The summed E-state index contributed by atoms with van der Waals surface area (Å²) in [6, 6.07) is 8.25. The summed E-state index contributed by atoms with van der Waals surface area (Å²) in [5.74, 6) is -1.78. The van der Waals surface area contributed by atoms with E-state index in [4.69, 9.17) is 9.47 Å². The first-order valence-corrected chi connectivity index (χ1v) is 9.01. The van der Waals surface area contributed by atoms with Gasteiger partial charge >= 0.3 is 11.9 Å². The van der Waals surface area contributed by atoms with Crippen LogP contribution in [0.5, 0.6) is 0 Å². The van der Waals surface area contributed by atoms with E-state index in [-0.39, 0.29) is 28.7 Å². The Morgan fingerprint density at radius 2 is 2.11 bits per heavy atom. The van der Waals surface area contributed by atoms with Gasteiger partial charge in [0, 0.05) is 19.3 Å². The van der Waals surface area contributed by atoms with Gasteiger partial charge in [-0.25, -0.2) is 4.79 Å². The quantitative estimate of drug-likeness (QED) is 0.454. The molecule has 1 saturated heterocycles. The number of likely N-dealkylation sites (tertiary alicyclic amines) is 1. The van der Waals surface area contributed by atoms with Gasteiger partial charge in [0.1, 0.15) is 11.6 Å². The van der Waals surface area contributed by atoms with E-state index in [1.165, 1.54) is 19.4 Å². The molecule has 0 bridgehead atoms. The van der Waals surface area contributed by atoms with E-state index >= 15 is 0 Å². The van der Waals surface area contributed by atoms with Crippen LogP contribution in [-0.2, 0) is 19.1 Å². The maximum atomic E-state index is 12.5. The summed E-state index contributed by atoms with van der Waals surface area (Å²) in [6.07, 6.45) is 2.91. The number of ether oxygens (including phenoxy) is 2. The number of benzene rings is 1. The van der Waals surface area contributed by atoms with Crippen molar-refractivity contribution in [3.05, 3.63) is 41.6 Å². The maximum absolute atomic E-state index is 12.5. The zero-order chi connectivity index (χ0) is 20.5. The molecule has 8 heteroatoms. The molecule has 1 aliphatic rings. The van der Waals surface area contributed by atoms with Crippen LogP contribution in [0.15, 0.2) is 36.0 Å². The fourth-order valence-electron chi connectivity index (χ4n) is 2.97. The third kappa shape index (κ3) is 5.33. The molecule has 1 aliphatic heterocycles. The minimum atomic E-state index is -0.642. The second-order valence-corrected chi connectivity index (χ2v) is 6.23. The van der Waals surface area contributed by atoms with E-state index < -0.39 is 11.9 Å². The van der Waals surface area contributed by atoms with Crippen molar-refractivity contribution in [3.8, 4) is 6.07 Å². The molecule has 1 aromatic rings. The first-order chi connectivity index (χ1) is 13.5. The Bertz CT molecular complexity index is 812.